The van der Waals surface area contributed by atoms with Crippen molar-refractivity contribution in [1.82, 2.24) is 4.98 Å². The molecule has 19 heavy (non-hydrogen) atoms. The maximum atomic E-state index is 11.5. The Bertz CT molecular complexity index is 435. The summed E-state index contributed by atoms with van der Waals surface area (Å²) in [4.78, 5) is 27.0. The second-order valence-electron chi connectivity index (χ2n) is 3.76. The summed E-state index contributed by atoms with van der Waals surface area (Å²) in [5, 5.41) is 4.96. The molecule has 1 rings (SSSR count). The minimum Gasteiger partial charge on any atom is -0.460 e. The Balaban J connectivity index is 2.28. The summed E-state index contributed by atoms with van der Waals surface area (Å²) in [6.07, 6.45) is -0.490. The van der Waals surface area contributed by atoms with Crippen LogP contribution in [0.5, 0.6) is 0 Å². The third kappa shape index (κ3) is 6.22. The van der Waals surface area contributed by atoms with Crippen molar-refractivity contribution in [2.24, 2.45) is 0 Å². The summed E-state index contributed by atoms with van der Waals surface area (Å²) < 4.78 is 4.96. The van der Waals surface area contributed by atoms with E-state index in [4.69, 9.17) is 27.9 Å². The van der Waals surface area contributed by atoms with Gasteiger partial charge in [-0.1, -0.05) is 0 Å². The highest BCUT2D eigenvalue weighted by Crippen LogP contribution is 2.14. The number of aromatic nitrogens is 1. The van der Waals surface area contributed by atoms with Gasteiger partial charge in [0.1, 0.15) is 6.10 Å². The van der Waals surface area contributed by atoms with E-state index in [2.05, 4.69) is 10.3 Å². The van der Waals surface area contributed by atoms with Crippen molar-refractivity contribution < 1.29 is 14.3 Å². The quantitative estimate of drug-likeness (QED) is 0.618. The van der Waals surface area contributed by atoms with Crippen LogP contribution in [0, 0.1) is 6.92 Å². The molecule has 0 saturated carbocycles. The summed E-state index contributed by atoms with van der Waals surface area (Å²) in [6.45, 7) is 1.84. The zero-order chi connectivity index (χ0) is 14.3. The van der Waals surface area contributed by atoms with Crippen molar-refractivity contribution in [3.05, 3.63) is 11.1 Å². The minimum absolute atomic E-state index is 0.0134. The molecule has 0 atom stereocenters. The van der Waals surface area contributed by atoms with Gasteiger partial charge < -0.3 is 10.1 Å². The van der Waals surface area contributed by atoms with Crippen LogP contribution in [-0.2, 0) is 14.3 Å². The maximum absolute atomic E-state index is 11.5. The van der Waals surface area contributed by atoms with Crippen LogP contribution in [-0.4, -0.2) is 34.7 Å². The van der Waals surface area contributed by atoms with Crippen molar-refractivity contribution in [1.29, 1.82) is 0 Å². The topological polar surface area (TPSA) is 68.3 Å². The highest BCUT2D eigenvalue weighted by molar-refractivity contribution is 7.13. The largest absolute Gasteiger partial charge is 0.460 e. The Hall–Kier alpha value is -0.850. The van der Waals surface area contributed by atoms with Crippen LogP contribution in [0.4, 0.5) is 5.13 Å². The number of carbonyl (C=O) groups excluding carboxylic acids is 2. The molecule has 0 spiro atoms. The average Bonchev–Trinajstić information content (AvgIpc) is 2.79. The molecule has 106 valence electrons. The molecule has 0 unspecified atom stereocenters. The van der Waals surface area contributed by atoms with Gasteiger partial charge >= 0.3 is 5.97 Å². The van der Waals surface area contributed by atoms with E-state index in [1.807, 2.05) is 12.3 Å². The fraction of sp³-hybridized carbons (Fsp3) is 0.545. The lowest BCUT2D eigenvalue weighted by molar-refractivity contribution is -0.148. The Labute approximate surface area is 125 Å². The molecule has 1 amide bonds. The monoisotopic (exact) mass is 324 g/mol. The number of thiazole rings is 1. The van der Waals surface area contributed by atoms with E-state index >= 15 is 0 Å². The van der Waals surface area contributed by atoms with Crippen LogP contribution in [0.15, 0.2) is 5.38 Å². The Morgan fingerprint density at radius 2 is 2.11 bits per heavy atom. The molecule has 0 radical (unpaired) electrons. The number of anilines is 1. The zero-order valence-electron chi connectivity index (χ0n) is 10.3. The molecular formula is C11H14Cl2N2O3S. The number of hydrogen-bond donors (Lipinski definition) is 1. The lowest BCUT2D eigenvalue weighted by Gasteiger charge is -2.11. The number of nitrogens with zero attached hydrogens (tertiary/aromatic N) is 1. The lowest BCUT2D eigenvalue weighted by Crippen LogP contribution is -2.22. The molecule has 0 aromatic carbocycles. The SMILES string of the molecule is Cc1csc(NC(=O)CCC(=O)OC(CCl)CCl)n1. The van der Waals surface area contributed by atoms with Gasteiger partial charge in [0.25, 0.3) is 0 Å². The second-order valence-corrected chi connectivity index (χ2v) is 5.24. The van der Waals surface area contributed by atoms with E-state index < -0.39 is 12.1 Å². The Kier molecular flexibility index (Phi) is 7.12. The van der Waals surface area contributed by atoms with Crippen LogP contribution in [0.1, 0.15) is 18.5 Å². The molecule has 1 aromatic heterocycles. The molecule has 0 aliphatic carbocycles. The number of aryl methyl sites for hydroxylation is 1. The first-order valence-electron chi connectivity index (χ1n) is 5.58. The number of esters is 1. The standard InChI is InChI=1S/C11H14Cl2N2O3S/c1-7-6-19-11(14-7)15-9(16)2-3-10(17)18-8(4-12)5-13/h6,8H,2-5H2,1H3,(H,14,15,16). The molecule has 1 N–H and O–H groups in total. The van der Waals surface area contributed by atoms with Gasteiger partial charge in [-0.15, -0.1) is 34.5 Å². The third-order valence-corrected chi connectivity index (χ3v) is 3.63. The van der Waals surface area contributed by atoms with Crippen molar-refractivity contribution in [2.45, 2.75) is 25.9 Å². The Morgan fingerprint density at radius 3 is 2.63 bits per heavy atom. The minimum atomic E-state index is -0.513. The molecule has 1 aromatic rings. The summed E-state index contributed by atoms with van der Waals surface area (Å²) in [5.74, 6) is -0.490. The summed E-state index contributed by atoms with van der Waals surface area (Å²) >= 11 is 12.4. The van der Waals surface area contributed by atoms with Crippen LogP contribution < -0.4 is 5.32 Å². The number of rotatable bonds is 7. The molecule has 0 aliphatic heterocycles. The molecule has 0 fully saturated rings. The van der Waals surface area contributed by atoms with Gasteiger partial charge in [0, 0.05) is 11.8 Å². The Morgan fingerprint density at radius 1 is 1.42 bits per heavy atom. The number of hydrogen-bond acceptors (Lipinski definition) is 5. The summed E-state index contributed by atoms with van der Waals surface area (Å²) in [7, 11) is 0. The van der Waals surface area contributed by atoms with E-state index in [1.165, 1.54) is 11.3 Å². The maximum Gasteiger partial charge on any atom is 0.306 e. The van der Waals surface area contributed by atoms with Crippen LogP contribution >= 0.6 is 34.5 Å². The van der Waals surface area contributed by atoms with Crippen LogP contribution in [0.25, 0.3) is 0 Å². The predicted octanol–water partition coefficient (Wildman–Crippen LogP) is 2.56. The van der Waals surface area contributed by atoms with Gasteiger partial charge in [0.2, 0.25) is 5.91 Å². The number of carbonyl (C=O) groups is 2. The molecule has 0 saturated heterocycles. The van der Waals surface area contributed by atoms with E-state index in [0.29, 0.717) is 5.13 Å². The molecule has 0 bridgehead atoms. The first-order chi connectivity index (χ1) is 9.05. The zero-order valence-corrected chi connectivity index (χ0v) is 12.6. The molecule has 8 heteroatoms. The highest BCUT2D eigenvalue weighted by Gasteiger charge is 2.14. The first-order valence-corrected chi connectivity index (χ1v) is 7.53. The van der Waals surface area contributed by atoms with Gasteiger partial charge in [0.15, 0.2) is 5.13 Å². The fourth-order valence-electron chi connectivity index (χ4n) is 1.16. The van der Waals surface area contributed by atoms with Crippen molar-refractivity contribution in [2.75, 3.05) is 17.1 Å². The number of alkyl halides is 2. The van der Waals surface area contributed by atoms with Crippen molar-refractivity contribution in [3.63, 3.8) is 0 Å². The third-order valence-electron chi connectivity index (χ3n) is 2.06. The van der Waals surface area contributed by atoms with Gasteiger partial charge in [0.05, 0.1) is 23.9 Å². The van der Waals surface area contributed by atoms with Gasteiger partial charge in [-0.3, -0.25) is 9.59 Å². The van der Waals surface area contributed by atoms with Gasteiger partial charge in [-0.25, -0.2) is 4.98 Å². The highest BCUT2D eigenvalue weighted by atomic mass is 35.5. The predicted molar refractivity (Wildman–Crippen MR) is 76.0 cm³/mol. The van der Waals surface area contributed by atoms with Crippen molar-refractivity contribution >= 4 is 51.5 Å². The summed E-state index contributed by atoms with van der Waals surface area (Å²) in [5.41, 5.74) is 0.840. The van der Waals surface area contributed by atoms with E-state index in [1.54, 1.807) is 0 Å². The van der Waals surface area contributed by atoms with Crippen molar-refractivity contribution in [3.8, 4) is 0 Å². The van der Waals surface area contributed by atoms with E-state index in [9.17, 15) is 9.59 Å². The van der Waals surface area contributed by atoms with Crippen LogP contribution in [0.2, 0.25) is 0 Å². The lowest BCUT2D eigenvalue weighted by atomic mass is 10.3. The number of halogens is 2. The van der Waals surface area contributed by atoms with Crippen LogP contribution in [0.3, 0.4) is 0 Å². The smallest absolute Gasteiger partial charge is 0.306 e. The number of nitrogens with one attached hydrogen (secondary N) is 1. The average molecular weight is 325 g/mol. The molecule has 5 nitrogen and oxygen atoms in total. The number of amides is 1. The van der Waals surface area contributed by atoms with Gasteiger partial charge in [-0.2, -0.15) is 0 Å². The second kappa shape index (κ2) is 8.35. The van der Waals surface area contributed by atoms with E-state index in [0.717, 1.165) is 5.69 Å². The fourth-order valence-corrected chi connectivity index (χ4v) is 2.32. The molecule has 0 aliphatic rings. The normalized spacial score (nSPS) is 10.5. The first kappa shape index (κ1) is 16.2. The summed E-state index contributed by atoms with van der Waals surface area (Å²) in [6, 6.07) is 0. The molecular weight excluding hydrogens is 311 g/mol. The van der Waals surface area contributed by atoms with E-state index in [-0.39, 0.29) is 30.5 Å². The molecule has 1 heterocycles. The van der Waals surface area contributed by atoms with Gasteiger partial charge in [-0.05, 0) is 6.92 Å². The number of ether oxygens (including phenoxy) is 1.